The lowest BCUT2D eigenvalue weighted by atomic mass is 9.95. The molecule has 1 unspecified atom stereocenters. The number of methoxy groups -OCH3 is 1. The number of carbonyl (C=O) groups is 1. The van der Waals surface area contributed by atoms with Crippen LogP contribution < -0.4 is 20.5 Å². The lowest BCUT2D eigenvalue weighted by molar-refractivity contribution is -0.119. The highest BCUT2D eigenvalue weighted by Crippen LogP contribution is 2.28. The molecule has 8 heteroatoms. The number of guanidine groups is 1. The molecular formula is C20H33IN4O3. The number of primary amides is 1. The normalized spacial score (nSPS) is 16.9. The van der Waals surface area contributed by atoms with E-state index in [9.17, 15) is 4.79 Å². The number of likely N-dealkylation sites (tertiary alicyclic amines) is 1. The summed E-state index contributed by atoms with van der Waals surface area (Å²) in [5, 5.41) is 3.36. The lowest BCUT2D eigenvalue weighted by Crippen LogP contribution is -2.47. The maximum Gasteiger partial charge on any atom is 0.217 e. The quantitative estimate of drug-likeness (QED) is 0.323. The van der Waals surface area contributed by atoms with Crippen LogP contribution in [0, 0.1) is 5.92 Å². The number of carbonyl (C=O) groups excluding carboxylic acids is 1. The van der Waals surface area contributed by atoms with E-state index in [4.69, 9.17) is 20.2 Å². The van der Waals surface area contributed by atoms with Crippen molar-refractivity contribution in [1.82, 2.24) is 10.2 Å². The summed E-state index contributed by atoms with van der Waals surface area (Å²) >= 11 is 0. The zero-order chi connectivity index (χ0) is 19.6. The predicted octanol–water partition coefficient (Wildman–Crippen LogP) is 2.76. The van der Waals surface area contributed by atoms with Gasteiger partial charge in [-0.15, -0.1) is 24.0 Å². The van der Waals surface area contributed by atoms with Crippen LogP contribution in [-0.4, -0.2) is 50.1 Å². The van der Waals surface area contributed by atoms with Crippen molar-refractivity contribution in [2.45, 2.75) is 39.7 Å². The van der Waals surface area contributed by atoms with Crippen molar-refractivity contribution in [3.05, 3.63) is 23.8 Å². The summed E-state index contributed by atoms with van der Waals surface area (Å²) in [6.07, 6.45) is 2.51. The van der Waals surface area contributed by atoms with Crippen molar-refractivity contribution in [3.63, 3.8) is 0 Å². The second-order valence-electron chi connectivity index (χ2n) is 6.71. The molecule has 158 valence electrons. The number of hydrogen-bond acceptors (Lipinski definition) is 4. The van der Waals surface area contributed by atoms with Gasteiger partial charge in [0.05, 0.1) is 20.3 Å². The summed E-state index contributed by atoms with van der Waals surface area (Å²) < 4.78 is 11.0. The van der Waals surface area contributed by atoms with Crippen molar-refractivity contribution < 1.29 is 14.3 Å². The summed E-state index contributed by atoms with van der Waals surface area (Å²) in [5.74, 6) is 2.40. The smallest absolute Gasteiger partial charge is 0.217 e. The average Bonchev–Trinajstić information content (AvgIpc) is 2.66. The highest BCUT2D eigenvalue weighted by molar-refractivity contribution is 14.0. The van der Waals surface area contributed by atoms with Crippen LogP contribution in [-0.2, 0) is 11.3 Å². The number of ether oxygens (including phenoxy) is 2. The van der Waals surface area contributed by atoms with E-state index in [-0.39, 0.29) is 29.9 Å². The van der Waals surface area contributed by atoms with E-state index in [0.29, 0.717) is 31.2 Å². The number of halogens is 1. The number of benzene rings is 1. The molecule has 0 aliphatic carbocycles. The zero-order valence-corrected chi connectivity index (χ0v) is 19.4. The third-order valence-corrected chi connectivity index (χ3v) is 4.58. The zero-order valence-electron chi connectivity index (χ0n) is 17.1. The van der Waals surface area contributed by atoms with Crippen LogP contribution in [0.1, 0.15) is 38.7 Å². The molecule has 1 aliphatic heterocycles. The molecule has 0 bridgehead atoms. The first-order chi connectivity index (χ1) is 13.1. The lowest BCUT2D eigenvalue weighted by Gasteiger charge is -2.34. The molecule has 28 heavy (non-hydrogen) atoms. The Balaban J connectivity index is 0.00000392. The van der Waals surface area contributed by atoms with Gasteiger partial charge in [0.15, 0.2) is 17.5 Å². The first-order valence-electron chi connectivity index (χ1n) is 9.68. The standard InChI is InChI=1S/C20H32N4O3.HI/c1-4-22-20(24-10-6-7-16(14-24)12-19(21)25)23-13-15-8-9-17(27-5-2)18(11-15)26-3;/h8-9,11,16H,4-7,10,12-14H2,1-3H3,(H2,21,25)(H,22,23);1H. The minimum absolute atomic E-state index is 0. The molecule has 1 aromatic carbocycles. The summed E-state index contributed by atoms with van der Waals surface area (Å²) in [7, 11) is 1.64. The Morgan fingerprint density at radius 2 is 2.14 bits per heavy atom. The first kappa shape index (κ1) is 24.3. The SMILES string of the molecule is CCNC(=NCc1ccc(OCC)c(OC)c1)N1CCCC(CC(N)=O)C1.I. The Labute approximate surface area is 185 Å². The van der Waals surface area contributed by atoms with Gasteiger partial charge >= 0.3 is 0 Å². The van der Waals surface area contributed by atoms with Crippen LogP contribution in [0.2, 0.25) is 0 Å². The molecule has 1 atom stereocenters. The first-order valence-corrected chi connectivity index (χ1v) is 9.68. The van der Waals surface area contributed by atoms with Crippen LogP contribution in [0.4, 0.5) is 0 Å². The van der Waals surface area contributed by atoms with Crippen molar-refractivity contribution in [1.29, 1.82) is 0 Å². The van der Waals surface area contributed by atoms with Gasteiger partial charge in [0.1, 0.15) is 0 Å². The van der Waals surface area contributed by atoms with E-state index < -0.39 is 0 Å². The maximum absolute atomic E-state index is 11.3. The Morgan fingerprint density at radius 3 is 2.79 bits per heavy atom. The van der Waals surface area contributed by atoms with E-state index in [1.54, 1.807) is 7.11 Å². The van der Waals surface area contributed by atoms with E-state index in [2.05, 4.69) is 17.1 Å². The van der Waals surface area contributed by atoms with Gasteiger partial charge in [-0.05, 0) is 50.3 Å². The number of nitrogens with two attached hydrogens (primary N) is 1. The summed E-state index contributed by atoms with van der Waals surface area (Å²) in [6.45, 7) is 7.68. The van der Waals surface area contributed by atoms with Crippen molar-refractivity contribution in [2.24, 2.45) is 16.6 Å². The number of piperidine rings is 1. The molecule has 1 saturated heterocycles. The van der Waals surface area contributed by atoms with Gasteiger partial charge in [-0.1, -0.05) is 6.07 Å². The third kappa shape index (κ3) is 7.37. The Bertz CT molecular complexity index is 654. The van der Waals surface area contributed by atoms with E-state index >= 15 is 0 Å². The van der Waals surface area contributed by atoms with Gasteiger partial charge < -0.3 is 25.4 Å². The monoisotopic (exact) mass is 504 g/mol. The predicted molar refractivity (Wildman–Crippen MR) is 123 cm³/mol. The summed E-state index contributed by atoms with van der Waals surface area (Å²) in [4.78, 5) is 18.3. The molecule has 1 aromatic rings. The number of nitrogens with zero attached hydrogens (tertiary/aromatic N) is 2. The van der Waals surface area contributed by atoms with E-state index in [1.165, 1.54) is 0 Å². The second-order valence-corrected chi connectivity index (χ2v) is 6.71. The highest BCUT2D eigenvalue weighted by Gasteiger charge is 2.23. The molecule has 1 aliphatic rings. The molecule has 0 radical (unpaired) electrons. The molecule has 0 aromatic heterocycles. The summed E-state index contributed by atoms with van der Waals surface area (Å²) in [6, 6.07) is 5.89. The molecule has 1 amide bonds. The Hall–Kier alpha value is -1.71. The number of amides is 1. The van der Waals surface area contributed by atoms with Crippen LogP contribution in [0.5, 0.6) is 11.5 Å². The van der Waals surface area contributed by atoms with E-state index in [0.717, 1.165) is 49.7 Å². The molecule has 1 fully saturated rings. The van der Waals surface area contributed by atoms with Gasteiger partial charge in [-0.25, -0.2) is 4.99 Å². The van der Waals surface area contributed by atoms with Gasteiger partial charge in [0, 0.05) is 26.1 Å². The fraction of sp³-hybridized carbons (Fsp3) is 0.600. The Kier molecular flexibility index (Phi) is 11.0. The largest absolute Gasteiger partial charge is 0.493 e. The van der Waals surface area contributed by atoms with Gasteiger partial charge in [-0.3, -0.25) is 4.79 Å². The number of hydrogen-bond donors (Lipinski definition) is 2. The van der Waals surface area contributed by atoms with Crippen LogP contribution in [0.15, 0.2) is 23.2 Å². The van der Waals surface area contributed by atoms with Crippen LogP contribution in [0.3, 0.4) is 0 Å². The Morgan fingerprint density at radius 1 is 1.36 bits per heavy atom. The third-order valence-electron chi connectivity index (χ3n) is 4.58. The van der Waals surface area contributed by atoms with Crippen molar-refractivity contribution >= 4 is 35.8 Å². The van der Waals surface area contributed by atoms with Gasteiger partial charge in [-0.2, -0.15) is 0 Å². The van der Waals surface area contributed by atoms with E-state index in [1.807, 2.05) is 25.1 Å². The van der Waals surface area contributed by atoms with Gasteiger partial charge in [0.2, 0.25) is 5.91 Å². The fourth-order valence-corrected chi connectivity index (χ4v) is 3.39. The minimum Gasteiger partial charge on any atom is -0.493 e. The topological polar surface area (TPSA) is 89.2 Å². The fourth-order valence-electron chi connectivity index (χ4n) is 3.39. The molecule has 1 heterocycles. The van der Waals surface area contributed by atoms with Crippen molar-refractivity contribution in [2.75, 3.05) is 33.4 Å². The molecule has 2 rings (SSSR count). The molecule has 3 N–H and O–H groups in total. The average molecular weight is 504 g/mol. The minimum atomic E-state index is -0.231. The maximum atomic E-state index is 11.3. The van der Waals surface area contributed by atoms with Crippen molar-refractivity contribution in [3.8, 4) is 11.5 Å². The number of nitrogens with one attached hydrogen (secondary N) is 1. The second kappa shape index (κ2) is 12.7. The molecule has 0 saturated carbocycles. The van der Waals surface area contributed by atoms with Gasteiger partial charge in [0.25, 0.3) is 0 Å². The highest BCUT2D eigenvalue weighted by atomic mass is 127. The summed E-state index contributed by atoms with van der Waals surface area (Å²) in [5.41, 5.74) is 6.43. The number of aliphatic imine (C=N–C) groups is 1. The molecule has 7 nitrogen and oxygen atoms in total. The number of rotatable bonds is 8. The van der Waals surface area contributed by atoms with Crippen LogP contribution >= 0.6 is 24.0 Å². The van der Waals surface area contributed by atoms with Crippen LogP contribution in [0.25, 0.3) is 0 Å². The molecule has 0 spiro atoms. The molecular weight excluding hydrogens is 471 g/mol.